The summed E-state index contributed by atoms with van der Waals surface area (Å²) in [5, 5.41) is 8.93. The lowest BCUT2D eigenvalue weighted by molar-refractivity contribution is 0.618. The molecule has 18 heavy (non-hydrogen) atoms. The molecule has 0 radical (unpaired) electrons. The van der Waals surface area contributed by atoms with Gasteiger partial charge in [0.05, 0.1) is 20.6 Å². The number of hydrogen-bond acceptors (Lipinski definition) is 2. The molecule has 0 heterocycles. The molecule has 0 aliphatic carbocycles. The first-order chi connectivity index (χ1) is 8.65. The predicted octanol–water partition coefficient (Wildman–Crippen LogP) is 3.63. The topological polar surface area (TPSA) is 40.9 Å². The van der Waals surface area contributed by atoms with Gasteiger partial charge in [-0.05, 0) is 40.2 Å². The highest BCUT2D eigenvalue weighted by Crippen LogP contribution is 2.26. The summed E-state index contributed by atoms with van der Waals surface area (Å²) in [6, 6.07) is 12.8. The van der Waals surface area contributed by atoms with Crippen molar-refractivity contribution in [1.29, 1.82) is 5.26 Å². The van der Waals surface area contributed by atoms with Crippen LogP contribution < -0.4 is 0 Å². The first-order valence-electron chi connectivity index (χ1n) is 5.00. The van der Waals surface area contributed by atoms with Gasteiger partial charge in [0.15, 0.2) is 0 Å². The minimum absolute atomic E-state index is 0.174. The van der Waals surface area contributed by atoms with Gasteiger partial charge >= 0.3 is 0 Å². The van der Waals surface area contributed by atoms with Gasteiger partial charge in [0.1, 0.15) is 17.4 Å². The van der Waals surface area contributed by atoms with Crippen LogP contribution in [0.3, 0.4) is 0 Å². The van der Waals surface area contributed by atoms with Crippen LogP contribution in [-0.2, 0) is 10.8 Å². The Labute approximate surface area is 115 Å². The summed E-state index contributed by atoms with van der Waals surface area (Å²) < 4.78 is 26.5. The van der Waals surface area contributed by atoms with Crippen molar-refractivity contribution in [1.82, 2.24) is 0 Å². The van der Waals surface area contributed by atoms with Gasteiger partial charge in [-0.15, -0.1) is 0 Å². The van der Waals surface area contributed by atoms with Crippen LogP contribution in [0.15, 0.2) is 56.7 Å². The van der Waals surface area contributed by atoms with Crippen LogP contribution in [-0.4, -0.2) is 4.21 Å². The van der Waals surface area contributed by atoms with Crippen molar-refractivity contribution in [3.63, 3.8) is 0 Å². The Morgan fingerprint density at radius 2 is 1.78 bits per heavy atom. The van der Waals surface area contributed by atoms with Gasteiger partial charge in [-0.25, -0.2) is 8.60 Å². The fourth-order valence-corrected chi connectivity index (χ4v) is 3.42. The first kappa shape index (κ1) is 12.9. The van der Waals surface area contributed by atoms with Crippen LogP contribution in [0.4, 0.5) is 4.39 Å². The monoisotopic (exact) mass is 323 g/mol. The molecule has 2 aromatic rings. The van der Waals surface area contributed by atoms with Gasteiger partial charge in [-0.2, -0.15) is 5.26 Å². The fraction of sp³-hybridized carbons (Fsp3) is 0. The number of nitriles is 1. The molecule has 2 rings (SSSR count). The van der Waals surface area contributed by atoms with Gasteiger partial charge in [0.25, 0.3) is 0 Å². The third-order valence-corrected chi connectivity index (χ3v) is 4.77. The molecule has 0 aliphatic rings. The Balaban J connectivity index is 2.58. The van der Waals surface area contributed by atoms with Crippen molar-refractivity contribution in [3.8, 4) is 6.07 Å². The molecule has 0 aromatic heterocycles. The van der Waals surface area contributed by atoms with Crippen LogP contribution in [0.2, 0.25) is 0 Å². The maximum absolute atomic E-state index is 13.5. The second-order valence-corrected chi connectivity index (χ2v) is 5.70. The zero-order valence-electron chi connectivity index (χ0n) is 9.06. The van der Waals surface area contributed by atoms with Crippen LogP contribution in [0.1, 0.15) is 5.56 Å². The second kappa shape index (κ2) is 5.42. The molecular formula is C13H7BrFNOS. The molecule has 0 fully saturated rings. The highest BCUT2D eigenvalue weighted by molar-refractivity contribution is 9.10. The molecule has 2 nitrogen and oxygen atoms in total. The maximum Gasteiger partial charge on any atom is 0.142 e. The van der Waals surface area contributed by atoms with Gasteiger partial charge < -0.3 is 0 Å². The molecule has 0 saturated carbocycles. The molecule has 90 valence electrons. The summed E-state index contributed by atoms with van der Waals surface area (Å²) in [6.07, 6.45) is 0. The van der Waals surface area contributed by atoms with E-state index in [9.17, 15) is 8.60 Å². The average Bonchev–Trinajstić information content (AvgIpc) is 2.38. The summed E-state index contributed by atoms with van der Waals surface area (Å²) in [7, 11) is -1.59. The van der Waals surface area contributed by atoms with E-state index in [-0.39, 0.29) is 10.5 Å². The predicted molar refractivity (Wildman–Crippen MR) is 69.9 cm³/mol. The summed E-state index contributed by atoms with van der Waals surface area (Å²) in [6.45, 7) is 0. The minimum atomic E-state index is -1.59. The maximum atomic E-state index is 13.5. The molecule has 0 amide bonds. The number of halogens is 2. The Hall–Kier alpha value is -1.51. The van der Waals surface area contributed by atoms with E-state index >= 15 is 0 Å². The van der Waals surface area contributed by atoms with Crippen molar-refractivity contribution in [2.24, 2.45) is 0 Å². The van der Waals surface area contributed by atoms with Crippen molar-refractivity contribution in [3.05, 3.63) is 58.3 Å². The van der Waals surface area contributed by atoms with Crippen molar-refractivity contribution < 1.29 is 8.60 Å². The number of benzene rings is 2. The lowest BCUT2D eigenvalue weighted by Gasteiger charge is -2.06. The Morgan fingerprint density at radius 1 is 1.11 bits per heavy atom. The zero-order chi connectivity index (χ0) is 13.1. The van der Waals surface area contributed by atoms with Crippen molar-refractivity contribution >= 4 is 26.7 Å². The molecule has 0 spiro atoms. The van der Waals surface area contributed by atoms with Crippen LogP contribution >= 0.6 is 15.9 Å². The lowest BCUT2D eigenvalue weighted by Crippen LogP contribution is -1.99. The van der Waals surface area contributed by atoms with Gasteiger partial charge in [0, 0.05) is 4.47 Å². The molecule has 0 unspecified atom stereocenters. The molecule has 2 aromatic carbocycles. The lowest BCUT2D eigenvalue weighted by atomic mass is 10.2. The fourth-order valence-electron chi connectivity index (χ4n) is 1.48. The number of rotatable bonds is 2. The molecule has 0 bridgehead atoms. The number of nitrogens with zero attached hydrogens (tertiary/aromatic N) is 1. The van der Waals surface area contributed by atoms with E-state index in [1.807, 2.05) is 0 Å². The number of hydrogen-bond donors (Lipinski definition) is 0. The highest BCUT2D eigenvalue weighted by atomic mass is 79.9. The Morgan fingerprint density at radius 3 is 2.44 bits per heavy atom. The van der Waals surface area contributed by atoms with E-state index in [0.29, 0.717) is 9.37 Å². The summed E-state index contributed by atoms with van der Waals surface area (Å²) >= 11 is 3.29. The molecular weight excluding hydrogens is 317 g/mol. The SMILES string of the molecule is N#Cc1c(F)cccc1[S@@](=O)c1ccccc1Br. The van der Waals surface area contributed by atoms with E-state index in [2.05, 4.69) is 15.9 Å². The van der Waals surface area contributed by atoms with E-state index in [0.717, 1.165) is 0 Å². The zero-order valence-corrected chi connectivity index (χ0v) is 11.5. The molecule has 0 N–H and O–H groups in total. The van der Waals surface area contributed by atoms with E-state index in [1.54, 1.807) is 30.3 Å². The summed E-state index contributed by atoms with van der Waals surface area (Å²) in [5.41, 5.74) is -0.174. The Bertz CT molecular complexity index is 666. The summed E-state index contributed by atoms with van der Waals surface area (Å²) in [5.74, 6) is -0.657. The van der Waals surface area contributed by atoms with E-state index in [1.165, 1.54) is 18.2 Å². The third-order valence-electron chi connectivity index (χ3n) is 2.32. The quantitative estimate of drug-likeness (QED) is 0.846. The standard InChI is InChI=1S/C13H7BrFNOS/c14-10-4-1-2-6-13(10)18(17)12-7-3-5-11(15)9(12)8-16/h1-7H/t18-/m1/s1. The van der Waals surface area contributed by atoms with Crippen LogP contribution in [0, 0.1) is 17.1 Å². The molecule has 0 aliphatic heterocycles. The van der Waals surface area contributed by atoms with E-state index < -0.39 is 16.6 Å². The average molecular weight is 324 g/mol. The highest BCUT2D eigenvalue weighted by Gasteiger charge is 2.16. The minimum Gasteiger partial charge on any atom is -0.249 e. The third kappa shape index (κ3) is 2.35. The van der Waals surface area contributed by atoms with Crippen LogP contribution in [0.5, 0.6) is 0 Å². The van der Waals surface area contributed by atoms with Crippen LogP contribution in [0.25, 0.3) is 0 Å². The first-order valence-corrected chi connectivity index (χ1v) is 6.94. The molecule has 5 heteroatoms. The second-order valence-electron chi connectivity index (χ2n) is 3.42. The van der Waals surface area contributed by atoms with Gasteiger partial charge in [-0.1, -0.05) is 18.2 Å². The smallest absolute Gasteiger partial charge is 0.142 e. The normalized spacial score (nSPS) is 11.8. The van der Waals surface area contributed by atoms with E-state index in [4.69, 9.17) is 5.26 Å². The van der Waals surface area contributed by atoms with Crippen molar-refractivity contribution in [2.75, 3.05) is 0 Å². The molecule has 1 atom stereocenters. The van der Waals surface area contributed by atoms with Gasteiger partial charge in [-0.3, -0.25) is 0 Å². The molecule has 0 saturated heterocycles. The Kier molecular flexibility index (Phi) is 3.90. The van der Waals surface area contributed by atoms with Gasteiger partial charge in [0.2, 0.25) is 0 Å². The summed E-state index contributed by atoms with van der Waals surface area (Å²) in [4.78, 5) is 0.698. The largest absolute Gasteiger partial charge is 0.249 e. The van der Waals surface area contributed by atoms with Crippen molar-refractivity contribution in [2.45, 2.75) is 9.79 Å².